The lowest BCUT2D eigenvalue weighted by atomic mass is 9.99. The zero-order valence-electron chi connectivity index (χ0n) is 20.2. The molecule has 1 aromatic carbocycles. The van der Waals surface area contributed by atoms with Crippen molar-refractivity contribution in [3.05, 3.63) is 42.1 Å². The van der Waals surface area contributed by atoms with Crippen molar-refractivity contribution in [1.29, 1.82) is 0 Å². The third-order valence-electron chi connectivity index (χ3n) is 5.18. The van der Waals surface area contributed by atoms with E-state index >= 15 is 0 Å². The van der Waals surface area contributed by atoms with Gasteiger partial charge in [-0.25, -0.2) is 22.9 Å². The molecular formula is C19H19F5N4O5S. The maximum absolute atomic E-state index is 14.4. The summed E-state index contributed by atoms with van der Waals surface area (Å²) < 4.78 is 125. The number of nitrogens with two attached hydrogens (primary N) is 1. The Labute approximate surface area is 194 Å². The summed E-state index contributed by atoms with van der Waals surface area (Å²) in [4.78, 5) is 17.3. The van der Waals surface area contributed by atoms with Gasteiger partial charge in [-0.1, -0.05) is 0 Å². The molecule has 1 fully saturated rings. The smallest absolute Gasteiger partial charge is 0.419 e. The first-order valence-electron chi connectivity index (χ1n) is 10.7. The molecule has 15 heteroatoms. The zero-order chi connectivity index (χ0) is 28.0. The number of carbonyl (C=O) groups excluding carboxylic acids is 1. The number of nitrogens with one attached hydrogen (secondary N) is 1. The number of amides is 1. The van der Waals surface area contributed by atoms with E-state index in [0.29, 0.717) is 11.0 Å². The van der Waals surface area contributed by atoms with E-state index in [4.69, 9.17) is 14.0 Å². The molecule has 1 aliphatic rings. The molecule has 1 aliphatic heterocycles. The molecule has 1 aromatic heterocycles. The van der Waals surface area contributed by atoms with E-state index in [1.807, 2.05) is 0 Å². The lowest BCUT2D eigenvalue weighted by Crippen LogP contribution is -2.49. The van der Waals surface area contributed by atoms with Crippen LogP contribution in [0, 0.1) is 11.6 Å². The number of hydrogen-bond acceptors (Lipinski definition) is 7. The zero-order valence-corrected chi connectivity index (χ0v) is 18.0. The normalized spacial score (nSPS) is 22.6. The van der Waals surface area contributed by atoms with E-state index in [0.717, 1.165) is 31.5 Å². The number of aromatic nitrogens is 1. The Morgan fingerprint density at radius 1 is 1.35 bits per heavy atom. The van der Waals surface area contributed by atoms with Crippen LogP contribution >= 0.6 is 0 Å². The van der Waals surface area contributed by atoms with E-state index in [1.54, 1.807) is 0 Å². The number of hydrogen-bond donors (Lipinski definition) is 2. The third kappa shape index (κ3) is 4.63. The summed E-state index contributed by atoms with van der Waals surface area (Å²) in [6.07, 6.45) is -5.66. The van der Waals surface area contributed by atoms with Gasteiger partial charge in [-0.2, -0.15) is 17.6 Å². The number of carbonyl (C=O) groups is 1. The van der Waals surface area contributed by atoms with Gasteiger partial charge in [0.15, 0.2) is 22.2 Å². The fourth-order valence-electron chi connectivity index (χ4n) is 3.51. The van der Waals surface area contributed by atoms with E-state index in [-0.39, 0.29) is 5.69 Å². The monoisotopic (exact) mass is 513 g/mol. The van der Waals surface area contributed by atoms with Crippen LogP contribution in [0.1, 0.15) is 10.5 Å². The Bertz CT molecular complexity index is 1310. The fraction of sp³-hybridized carbons (Fsp3) is 0.368. The lowest BCUT2D eigenvalue weighted by molar-refractivity contribution is -0.261. The van der Waals surface area contributed by atoms with E-state index < -0.39 is 81.9 Å². The SMILES string of the molecule is [2H]C([2H])([2H])O[C@@]1(C(F)(F)F)C[C@@H](C(=O)Nc2ccnc(S(N)(=O)=O)c2)N(c2ccc(F)c(F)c2OC)C1. The number of ether oxygens (including phenoxy) is 2. The van der Waals surface area contributed by atoms with E-state index in [9.17, 15) is 35.2 Å². The average Bonchev–Trinajstić information content (AvgIpc) is 3.14. The molecule has 0 spiro atoms. The Balaban J connectivity index is 2.12. The number of alkyl halides is 3. The number of pyridine rings is 1. The summed E-state index contributed by atoms with van der Waals surface area (Å²) in [6.45, 7) is -1.31. The van der Waals surface area contributed by atoms with Crippen molar-refractivity contribution >= 4 is 27.3 Å². The number of methoxy groups -OCH3 is 2. The first kappa shape index (κ1) is 21.5. The Morgan fingerprint density at radius 3 is 2.65 bits per heavy atom. The Hall–Kier alpha value is -3.04. The van der Waals surface area contributed by atoms with Gasteiger partial charge in [0.1, 0.15) is 6.04 Å². The molecule has 9 nitrogen and oxygen atoms in total. The van der Waals surface area contributed by atoms with E-state index in [2.05, 4.69) is 15.0 Å². The second-order valence-corrected chi connectivity index (χ2v) is 8.78. The highest BCUT2D eigenvalue weighted by Gasteiger charge is 2.63. The van der Waals surface area contributed by atoms with Crippen molar-refractivity contribution in [3.8, 4) is 5.75 Å². The lowest BCUT2D eigenvalue weighted by Gasteiger charge is -2.31. The molecule has 0 bridgehead atoms. The van der Waals surface area contributed by atoms with Crippen LogP contribution in [0.25, 0.3) is 0 Å². The van der Waals surface area contributed by atoms with Crippen LogP contribution in [-0.4, -0.2) is 57.8 Å². The van der Waals surface area contributed by atoms with Gasteiger partial charge in [0.25, 0.3) is 10.0 Å². The summed E-state index contributed by atoms with van der Waals surface area (Å²) in [7, 11) is -6.95. The number of benzene rings is 1. The fourth-order valence-corrected chi connectivity index (χ4v) is 4.01. The van der Waals surface area contributed by atoms with Gasteiger partial charge in [-0.15, -0.1) is 0 Å². The van der Waals surface area contributed by atoms with Crippen LogP contribution in [-0.2, 0) is 19.6 Å². The summed E-state index contributed by atoms with van der Waals surface area (Å²) in [5.74, 6) is -5.00. The molecule has 3 N–H and O–H groups in total. The van der Waals surface area contributed by atoms with Crippen molar-refractivity contribution in [2.45, 2.75) is 29.3 Å². The molecule has 1 saturated heterocycles. The van der Waals surface area contributed by atoms with Crippen molar-refractivity contribution in [1.82, 2.24) is 4.98 Å². The van der Waals surface area contributed by atoms with Crippen molar-refractivity contribution in [2.24, 2.45) is 5.14 Å². The van der Waals surface area contributed by atoms with Crippen molar-refractivity contribution in [3.63, 3.8) is 0 Å². The summed E-state index contributed by atoms with van der Waals surface area (Å²) in [5, 5.41) is 6.53. The van der Waals surface area contributed by atoms with Crippen LogP contribution in [0.5, 0.6) is 5.75 Å². The minimum atomic E-state index is -5.34. The van der Waals surface area contributed by atoms with Crippen molar-refractivity contribution < 1.29 is 48.8 Å². The molecule has 0 unspecified atom stereocenters. The summed E-state index contributed by atoms with van der Waals surface area (Å²) in [6, 6.07) is 1.50. The largest absolute Gasteiger partial charge is 0.491 e. The summed E-state index contributed by atoms with van der Waals surface area (Å²) >= 11 is 0. The highest BCUT2D eigenvalue weighted by Crippen LogP contribution is 2.47. The minimum absolute atomic E-state index is 0.234. The average molecular weight is 513 g/mol. The number of sulfonamides is 1. The van der Waals surface area contributed by atoms with Gasteiger partial charge in [0.2, 0.25) is 11.7 Å². The number of halogens is 5. The predicted molar refractivity (Wildman–Crippen MR) is 109 cm³/mol. The molecule has 3 rings (SSSR count). The van der Waals surface area contributed by atoms with Crippen LogP contribution in [0.15, 0.2) is 35.5 Å². The van der Waals surface area contributed by atoms with Gasteiger partial charge in [0, 0.05) is 31.4 Å². The van der Waals surface area contributed by atoms with Gasteiger partial charge in [-0.05, 0) is 18.2 Å². The topological polar surface area (TPSA) is 124 Å². The van der Waals surface area contributed by atoms with Crippen LogP contribution in [0.2, 0.25) is 0 Å². The number of nitrogens with zero attached hydrogens (tertiary/aromatic N) is 2. The molecular weight excluding hydrogens is 491 g/mol. The summed E-state index contributed by atoms with van der Waals surface area (Å²) in [5.41, 5.74) is -4.18. The maximum atomic E-state index is 14.4. The van der Waals surface area contributed by atoms with E-state index in [1.165, 1.54) is 0 Å². The van der Waals surface area contributed by atoms with Crippen LogP contribution in [0.3, 0.4) is 0 Å². The molecule has 186 valence electrons. The van der Waals surface area contributed by atoms with Crippen LogP contribution in [0.4, 0.5) is 33.3 Å². The molecule has 1 amide bonds. The van der Waals surface area contributed by atoms with Gasteiger partial charge < -0.3 is 19.7 Å². The molecule has 0 radical (unpaired) electrons. The highest BCUT2D eigenvalue weighted by molar-refractivity contribution is 7.89. The molecule has 0 aliphatic carbocycles. The maximum Gasteiger partial charge on any atom is 0.419 e. The quantitative estimate of drug-likeness (QED) is 0.568. The second-order valence-electron chi connectivity index (χ2n) is 7.27. The standard InChI is InChI=1S/C19H19F5N4O5S/c1-32-16-12(4-3-11(20)15(16)21)28-9-18(33-2,19(22,23)24)8-13(28)17(29)27-10-5-6-26-14(7-10)34(25,30)31/h3-7,13H,8-9H2,1-2H3,(H2,25,30,31)(H,26,27,29)/t13-,18-/m0/s1/i2D3. The molecule has 2 aromatic rings. The first-order valence-corrected chi connectivity index (χ1v) is 10.8. The molecule has 0 saturated carbocycles. The molecule has 2 heterocycles. The minimum Gasteiger partial charge on any atom is -0.491 e. The van der Waals surface area contributed by atoms with Gasteiger partial charge in [0.05, 0.1) is 23.5 Å². The second kappa shape index (κ2) is 8.96. The Kier molecular flexibility index (Phi) is 5.66. The Morgan fingerprint density at radius 2 is 2.06 bits per heavy atom. The first-order chi connectivity index (χ1) is 16.9. The molecule has 2 atom stereocenters. The van der Waals surface area contributed by atoms with Gasteiger partial charge >= 0.3 is 6.18 Å². The number of rotatable bonds is 6. The highest BCUT2D eigenvalue weighted by atomic mass is 32.2. The van der Waals surface area contributed by atoms with Crippen LogP contribution < -0.4 is 20.1 Å². The predicted octanol–water partition coefficient (Wildman–Crippen LogP) is 2.18. The third-order valence-corrected chi connectivity index (χ3v) is 5.98. The number of anilines is 2. The van der Waals surface area contributed by atoms with Gasteiger partial charge in [-0.3, -0.25) is 4.79 Å². The molecule has 34 heavy (non-hydrogen) atoms. The number of primary sulfonamides is 1. The van der Waals surface area contributed by atoms with Crippen molar-refractivity contribution in [2.75, 3.05) is 30.9 Å².